The van der Waals surface area contributed by atoms with Gasteiger partial charge in [-0.1, -0.05) is 24.0 Å². The summed E-state index contributed by atoms with van der Waals surface area (Å²) < 4.78 is 11.5. The van der Waals surface area contributed by atoms with E-state index in [-0.39, 0.29) is 48.4 Å². The molecule has 0 heterocycles. The number of phenols is 2. The SMILES string of the molecule is COc1c(O)ccc2c1C#CCc1cc(cc(OC3CCCC3)c1O)CC[C@@H](O)CC(=O)CC2. The number of hydrogen-bond acceptors (Lipinski definition) is 6. The molecule has 1 saturated carbocycles. The van der Waals surface area contributed by atoms with Gasteiger partial charge in [0.2, 0.25) is 0 Å². The third-order valence-electron chi connectivity index (χ3n) is 6.63. The number of hydrogen-bond donors (Lipinski definition) is 3. The minimum atomic E-state index is -0.737. The molecule has 3 N–H and O–H groups in total. The zero-order valence-corrected chi connectivity index (χ0v) is 19.6. The number of aryl methyl sites for hydroxylation is 2. The molecule has 0 radical (unpaired) electrons. The number of Topliss-reactive ketones (excluding diaryl/α,β-unsaturated/α-hetero) is 1. The van der Waals surface area contributed by atoms with Gasteiger partial charge in [0.25, 0.3) is 0 Å². The highest BCUT2D eigenvalue weighted by molar-refractivity contribution is 5.79. The largest absolute Gasteiger partial charge is 0.504 e. The Morgan fingerprint density at radius 3 is 2.56 bits per heavy atom. The monoisotopic (exact) mass is 464 g/mol. The molecule has 0 spiro atoms. The first-order valence-electron chi connectivity index (χ1n) is 12.0. The highest BCUT2D eigenvalue weighted by Crippen LogP contribution is 2.36. The van der Waals surface area contributed by atoms with E-state index in [2.05, 4.69) is 11.8 Å². The maximum atomic E-state index is 12.5. The van der Waals surface area contributed by atoms with Gasteiger partial charge >= 0.3 is 0 Å². The van der Waals surface area contributed by atoms with Crippen LogP contribution in [0.15, 0.2) is 24.3 Å². The molecule has 180 valence electrons. The molecule has 0 saturated heterocycles. The van der Waals surface area contributed by atoms with Crippen molar-refractivity contribution < 1.29 is 29.6 Å². The summed E-state index contributed by atoms with van der Waals surface area (Å²) >= 11 is 0. The first-order valence-corrected chi connectivity index (χ1v) is 12.0. The number of phenolic OH excluding ortho intramolecular Hbond substituents is 2. The van der Waals surface area contributed by atoms with Crippen molar-refractivity contribution in [3.63, 3.8) is 0 Å². The standard InChI is InChI=1S/C28H32O6/c1-33-28-24-8-4-5-20-15-18(16-26(27(20)32)34-23-6-2-3-7-23)9-12-21(29)17-22(30)13-10-19(24)11-14-25(28)31/h11,14-16,21,23,29,31-32H,2-3,5-7,9-10,12-13,17H2,1H3/t21-/m1/s1. The molecule has 2 aromatic rings. The van der Waals surface area contributed by atoms with Crippen molar-refractivity contribution in [2.24, 2.45) is 0 Å². The van der Waals surface area contributed by atoms with Gasteiger partial charge in [0, 0.05) is 24.8 Å². The number of aromatic hydroxyl groups is 2. The molecule has 6 nitrogen and oxygen atoms in total. The fourth-order valence-electron chi connectivity index (χ4n) is 4.75. The lowest BCUT2D eigenvalue weighted by atomic mass is 9.97. The van der Waals surface area contributed by atoms with E-state index in [1.54, 1.807) is 6.07 Å². The second kappa shape index (κ2) is 10.8. The molecule has 0 unspecified atom stereocenters. The van der Waals surface area contributed by atoms with Crippen LogP contribution in [0.3, 0.4) is 0 Å². The Labute approximate surface area is 200 Å². The van der Waals surface area contributed by atoms with E-state index < -0.39 is 6.10 Å². The summed E-state index contributed by atoms with van der Waals surface area (Å²) in [7, 11) is 1.47. The second-order valence-corrected chi connectivity index (χ2v) is 9.19. The van der Waals surface area contributed by atoms with Gasteiger partial charge in [-0.25, -0.2) is 0 Å². The minimum absolute atomic E-state index is 0.0210. The lowest BCUT2D eigenvalue weighted by Crippen LogP contribution is -2.15. The summed E-state index contributed by atoms with van der Waals surface area (Å²) in [6, 6.07) is 7.01. The van der Waals surface area contributed by atoms with Gasteiger partial charge in [-0.2, -0.15) is 0 Å². The Bertz CT molecular complexity index is 1100. The topological polar surface area (TPSA) is 96.2 Å². The van der Waals surface area contributed by atoms with Crippen molar-refractivity contribution >= 4 is 5.78 Å². The summed E-state index contributed by atoms with van der Waals surface area (Å²) in [6.45, 7) is 0. The normalized spacial score (nSPS) is 19.4. The van der Waals surface area contributed by atoms with E-state index in [4.69, 9.17) is 9.47 Å². The number of carbonyl (C=O) groups excluding carboxylic acids is 1. The quantitative estimate of drug-likeness (QED) is 0.589. The van der Waals surface area contributed by atoms with E-state index in [1.165, 1.54) is 13.2 Å². The van der Waals surface area contributed by atoms with E-state index in [9.17, 15) is 20.1 Å². The molecular weight excluding hydrogens is 432 g/mol. The van der Waals surface area contributed by atoms with Crippen LogP contribution in [0, 0.1) is 11.8 Å². The molecule has 2 aliphatic rings. The molecule has 2 aromatic carbocycles. The molecule has 0 amide bonds. The minimum Gasteiger partial charge on any atom is -0.504 e. The number of rotatable bonds is 3. The average Bonchev–Trinajstić information content (AvgIpc) is 3.32. The molecule has 4 rings (SSSR count). The van der Waals surface area contributed by atoms with Crippen LogP contribution in [0.25, 0.3) is 0 Å². The van der Waals surface area contributed by atoms with Gasteiger partial charge in [0.1, 0.15) is 5.78 Å². The highest BCUT2D eigenvalue weighted by Gasteiger charge is 2.21. The fourth-order valence-corrected chi connectivity index (χ4v) is 4.75. The number of carbonyl (C=O) groups is 1. The number of ether oxygens (including phenoxy) is 2. The van der Waals surface area contributed by atoms with Crippen molar-refractivity contribution in [2.75, 3.05) is 7.11 Å². The lowest BCUT2D eigenvalue weighted by Gasteiger charge is -2.18. The number of benzene rings is 2. The summed E-state index contributed by atoms with van der Waals surface area (Å²) in [5.41, 5.74) is 2.91. The molecule has 0 aromatic heterocycles. The molecular formula is C28H32O6. The average molecular weight is 465 g/mol. The van der Waals surface area contributed by atoms with Crippen LogP contribution >= 0.6 is 0 Å². The van der Waals surface area contributed by atoms with E-state index in [1.807, 2.05) is 12.1 Å². The van der Waals surface area contributed by atoms with Crippen LogP contribution in [0.4, 0.5) is 0 Å². The van der Waals surface area contributed by atoms with Crippen molar-refractivity contribution in [1.82, 2.24) is 0 Å². The highest BCUT2D eigenvalue weighted by atomic mass is 16.5. The van der Waals surface area contributed by atoms with Crippen LogP contribution < -0.4 is 9.47 Å². The maximum Gasteiger partial charge on any atom is 0.176 e. The summed E-state index contributed by atoms with van der Waals surface area (Å²) in [6.07, 6.45) is 5.64. The molecule has 0 aliphatic heterocycles. The van der Waals surface area contributed by atoms with Crippen LogP contribution in [0.2, 0.25) is 0 Å². The molecule has 2 aliphatic carbocycles. The number of ketones is 1. The molecule has 1 fully saturated rings. The van der Waals surface area contributed by atoms with Crippen LogP contribution in [-0.4, -0.2) is 40.4 Å². The Balaban J connectivity index is 1.73. The zero-order chi connectivity index (χ0) is 24.1. The van der Waals surface area contributed by atoms with Crippen molar-refractivity contribution in [1.29, 1.82) is 0 Å². The Morgan fingerprint density at radius 1 is 1.00 bits per heavy atom. The predicted octanol–water partition coefficient (Wildman–Crippen LogP) is 4.22. The van der Waals surface area contributed by atoms with E-state index in [0.717, 1.165) is 36.8 Å². The van der Waals surface area contributed by atoms with Gasteiger partial charge in [-0.05, 0) is 68.2 Å². The van der Waals surface area contributed by atoms with Gasteiger partial charge in [-0.15, -0.1) is 0 Å². The fraction of sp³-hybridized carbons (Fsp3) is 0.464. The molecule has 1 atom stereocenters. The maximum absolute atomic E-state index is 12.5. The predicted molar refractivity (Wildman–Crippen MR) is 129 cm³/mol. The van der Waals surface area contributed by atoms with Gasteiger partial charge in [0.05, 0.1) is 24.9 Å². The number of aliphatic hydroxyl groups is 1. The van der Waals surface area contributed by atoms with Crippen LogP contribution in [0.1, 0.15) is 67.2 Å². The molecule has 6 heteroatoms. The third-order valence-corrected chi connectivity index (χ3v) is 6.63. The summed E-state index contributed by atoms with van der Waals surface area (Å²) in [4.78, 5) is 12.5. The summed E-state index contributed by atoms with van der Waals surface area (Å²) in [5.74, 6) is 6.98. The molecule has 2 bridgehead atoms. The number of aliphatic hydroxyl groups excluding tert-OH is 1. The zero-order valence-electron chi connectivity index (χ0n) is 19.6. The van der Waals surface area contributed by atoms with Crippen molar-refractivity contribution in [3.8, 4) is 34.8 Å². The first-order chi connectivity index (χ1) is 16.4. The van der Waals surface area contributed by atoms with Crippen molar-refractivity contribution in [2.45, 2.75) is 76.4 Å². The van der Waals surface area contributed by atoms with E-state index >= 15 is 0 Å². The first kappa shape index (κ1) is 24.0. The Hall–Kier alpha value is -3.17. The van der Waals surface area contributed by atoms with Gasteiger partial charge in [-0.3, -0.25) is 4.79 Å². The van der Waals surface area contributed by atoms with Gasteiger partial charge in [0.15, 0.2) is 23.0 Å². The van der Waals surface area contributed by atoms with Gasteiger partial charge < -0.3 is 24.8 Å². The number of methoxy groups -OCH3 is 1. The Kier molecular flexibility index (Phi) is 7.64. The lowest BCUT2D eigenvalue weighted by molar-refractivity contribution is -0.121. The summed E-state index contributed by atoms with van der Waals surface area (Å²) in [5, 5.41) is 31.6. The third kappa shape index (κ3) is 5.66. The second-order valence-electron chi connectivity index (χ2n) is 9.19. The van der Waals surface area contributed by atoms with Crippen LogP contribution in [-0.2, 0) is 24.1 Å². The van der Waals surface area contributed by atoms with Crippen LogP contribution in [0.5, 0.6) is 23.0 Å². The number of fused-ring (bicyclic) bond motifs is 3. The van der Waals surface area contributed by atoms with Crippen molar-refractivity contribution in [3.05, 3.63) is 46.5 Å². The van der Waals surface area contributed by atoms with E-state index in [0.29, 0.717) is 36.1 Å². The molecule has 34 heavy (non-hydrogen) atoms. The smallest absolute Gasteiger partial charge is 0.176 e. The Morgan fingerprint density at radius 2 is 1.79 bits per heavy atom.